The highest BCUT2D eigenvalue weighted by Crippen LogP contribution is 2.46. The molecule has 3 aromatic heterocycles. The molecule has 0 bridgehead atoms. The smallest absolute Gasteiger partial charge is 0.420 e. The molecule has 0 spiro atoms. The third-order valence-electron chi connectivity index (χ3n) is 23.9. The molecule has 0 radical (unpaired) electrons. The summed E-state index contributed by atoms with van der Waals surface area (Å²) in [4.78, 5) is 145. The van der Waals surface area contributed by atoms with E-state index in [9.17, 15) is 48.3 Å². The minimum Gasteiger partial charge on any atom is -0.457 e. The number of benzene rings is 1. The van der Waals surface area contributed by atoms with Gasteiger partial charge in [-0.15, -0.1) is 0 Å². The number of ketones is 4. The Bertz CT molecular complexity index is 4100. The summed E-state index contributed by atoms with van der Waals surface area (Å²) in [6.45, 7) is 32.6. The number of Topliss-reactive ketones (excluding diaryl/α,β-unsaturated/α-hetero) is 4. The molecule has 4 saturated heterocycles. The average molecular weight is 1640 g/mol. The molecule has 4 fully saturated rings. The van der Waals surface area contributed by atoms with E-state index in [1.807, 2.05) is 68.7 Å². The second kappa shape index (κ2) is 40.0. The first-order chi connectivity index (χ1) is 54.7. The number of hydrogen-bond donors (Lipinski definition) is 1. The van der Waals surface area contributed by atoms with E-state index >= 15 is 0 Å². The van der Waals surface area contributed by atoms with Crippen molar-refractivity contribution in [1.29, 1.82) is 0 Å². The number of imidazole rings is 2. The number of carbonyl (C=O) groups is 9. The number of fused-ring (bicyclic) bond motifs is 1. The van der Waals surface area contributed by atoms with Gasteiger partial charge in [-0.1, -0.05) is 91.4 Å². The highest BCUT2D eigenvalue weighted by Gasteiger charge is 2.62. The van der Waals surface area contributed by atoms with Gasteiger partial charge in [-0.3, -0.25) is 33.7 Å². The normalized spacial score (nSPS) is 35.2. The van der Waals surface area contributed by atoms with Gasteiger partial charge in [0.1, 0.15) is 47.4 Å². The number of pyridine rings is 1. The lowest BCUT2D eigenvalue weighted by Gasteiger charge is -2.47. The van der Waals surface area contributed by atoms with Crippen molar-refractivity contribution in [3.63, 3.8) is 0 Å². The van der Waals surface area contributed by atoms with Crippen LogP contribution in [0.4, 0.5) is 9.59 Å². The Hall–Kier alpha value is -8.23. The number of aryl methyl sites for hydroxylation is 1. The van der Waals surface area contributed by atoms with Crippen molar-refractivity contribution < 1.29 is 100 Å². The number of amides is 1. The maximum atomic E-state index is 14.8. The van der Waals surface area contributed by atoms with E-state index < -0.39 is 161 Å². The number of aliphatic hydroxyl groups excluding tert-OH is 1. The minimum atomic E-state index is -1.80. The molecule has 29 nitrogen and oxygen atoms in total. The van der Waals surface area contributed by atoms with Crippen molar-refractivity contribution in [3.8, 4) is 11.3 Å². The number of unbranched alkanes of at least 4 members (excludes halogenated alkanes) is 1. The average Bonchev–Trinajstić information content (AvgIpc) is 1.57. The second-order valence-electron chi connectivity index (χ2n) is 32.7. The van der Waals surface area contributed by atoms with Gasteiger partial charge in [0.2, 0.25) is 0 Å². The van der Waals surface area contributed by atoms with Crippen LogP contribution in [0.15, 0.2) is 117 Å². The zero-order valence-corrected chi connectivity index (χ0v) is 71.6. The van der Waals surface area contributed by atoms with E-state index in [2.05, 4.69) is 28.1 Å². The van der Waals surface area contributed by atoms with E-state index in [1.165, 1.54) is 65.0 Å². The molecule has 638 valence electrons. The summed E-state index contributed by atoms with van der Waals surface area (Å²) < 4.78 is 71.8. The van der Waals surface area contributed by atoms with Crippen molar-refractivity contribution in [2.45, 2.75) is 257 Å². The third kappa shape index (κ3) is 20.9. The lowest BCUT2D eigenvalue weighted by Crippen LogP contribution is -2.60. The number of rotatable bonds is 21. The van der Waals surface area contributed by atoms with E-state index in [4.69, 9.17) is 63.7 Å². The van der Waals surface area contributed by atoms with Crippen LogP contribution in [0.2, 0.25) is 5.15 Å². The lowest BCUT2D eigenvalue weighted by atomic mass is 9.72. The molecule has 0 saturated carbocycles. The number of ether oxygens (including phenoxy) is 11. The van der Waals surface area contributed by atoms with Crippen LogP contribution in [0, 0.1) is 41.4 Å². The number of carbonyl (C=O) groups excluding carboxylic acids is 9. The quantitative estimate of drug-likeness (QED) is 0.0202. The Labute approximate surface area is 686 Å². The zero-order chi connectivity index (χ0) is 85.8. The number of hydrogen-bond acceptors (Lipinski definition) is 26. The molecule has 5 aliphatic heterocycles. The summed E-state index contributed by atoms with van der Waals surface area (Å²) in [6.07, 6.45) is 5.44. The van der Waals surface area contributed by atoms with Gasteiger partial charge in [0.15, 0.2) is 47.2 Å². The molecule has 116 heavy (non-hydrogen) atoms. The van der Waals surface area contributed by atoms with Crippen molar-refractivity contribution in [2.24, 2.45) is 41.4 Å². The Kier molecular flexibility index (Phi) is 32.2. The van der Waals surface area contributed by atoms with Crippen molar-refractivity contribution in [1.82, 2.24) is 38.8 Å². The van der Waals surface area contributed by atoms with Gasteiger partial charge >= 0.3 is 30.1 Å². The van der Waals surface area contributed by atoms with Crippen LogP contribution < -0.4 is 0 Å². The van der Waals surface area contributed by atoms with Crippen LogP contribution >= 0.6 is 11.6 Å². The van der Waals surface area contributed by atoms with Gasteiger partial charge in [0.25, 0.3) is 0 Å². The predicted molar refractivity (Wildman–Crippen MR) is 429 cm³/mol. The molecule has 1 amide bonds. The molecule has 5 aliphatic rings. The zero-order valence-electron chi connectivity index (χ0n) is 70.8. The molecular formula is C86H121ClN8O21. The number of likely N-dealkylation sites (N-methyl/N-ethyl adjacent to an activating group) is 2. The van der Waals surface area contributed by atoms with Crippen LogP contribution in [-0.2, 0) is 87.4 Å². The fraction of sp³-hybridized carbons (Fsp3) is 0.628. The first-order valence-electron chi connectivity index (χ1n) is 40.1. The first-order valence-corrected chi connectivity index (χ1v) is 40.5. The highest BCUT2D eigenvalue weighted by atomic mass is 35.5. The highest BCUT2D eigenvalue weighted by molar-refractivity contribution is 6.29. The van der Waals surface area contributed by atoms with E-state index in [0.717, 1.165) is 15.8 Å². The molecule has 9 rings (SSSR count). The van der Waals surface area contributed by atoms with Crippen LogP contribution in [0.3, 0.4) is 0 Å². The summed E-state index contributed by atoms with van der Waals surface area (Å²) in [6, 6.07) is 10.6. The minimum absolute atomic E-state index is 0.0512. The number of halogens is 1. The molecule has 2 unspecified atom stereocenters. The summed E-state index contributed by atoms with van der Waals surface area (Å²) in [5.41, 5.74) is -3.92. The number of esters is 3. The maximum absolute atomic E-state index is 14.8. The Balaban J connectivity index is 0.000000291. The SMILES string of the molecule is C=C[C@]1(OC(=O)n2ccnc2)/C=C(\C)C(=O)[C@H](C)C[C@](C)(OC)[C@H](OC2O[C@H](C)C[C@H](N(C)C)[C@H]2OC(=O)c2ccccc2)[C@@H](C)C(=O)[C@@H](C)C(=O)O[C@@H]1CC.C=C[C@]12OC(=O)N(CCCCn3cnc(-c4ccc(Cl)nc4)c3)[C@@H]1[C@@H](C)C(=O)[C@H](C)C[C@](C)(OC)[C@H](OC1O[C@H](C)C[C@H](N(C)C)[C@H]1O)[C@@H](C)C(=O)[C@@H](C)C(=O)O[C@@H]2CC. The molecule has 4 aromatic rings. The predicted octanol–water partition coefficient (Wildman–Crippen LogP) is 11.3. The summed E-state index contributed by atoms with van der Waals surface area (Å²) >= 11 is 5.95. The molecule has 8 heterocycles. The number of aliphatic hydroxyl groups is 1. The topological polar surface area (TPSA) is 334 Å². The van der Waals surface area contributed by atoms with Crippen molar-refractivity contribution in [3.05, 3.63) is 128 Å². The van der Waals surface area contributed by atoms with Gasteiger partial charge in [0, 0.05) is 93.3 Å². The van der Waals surface area contributed by atoms with Crippen LogP contribution in [-0.4, -0.2) is 248 Å². The standard InChI is InChI=1S/C44H64ClN5O10.C42H57N3O11/c1-12-33-44(13-2)38(50(42(55)60-44)19-15-14-18-49-23-31(47-24-49)30-16-17-34(45)46-22-30)27(5)35(51)25(3)21-43(8,56-11)39(28(6)36(52)29(7)40(54)58-33)59-41-37(53)32(48(9)10)20-26(4)57-41;1-12-32-42(13-2,56-40(50)45-20-19-43-24-45)23-26(4)33(46)25(3)22-41(8,51-11)36(28(6)34(47)29(7)37(48)53-32)55-39-35(31(44(9)10)21-27(5)52-39)54-38(49)30-17-15-14-16-18-30/h13,16-17,22-29,32-33,37-39,41,53H,2,12,14-15,18-21H2,1,3-11H3;13-20,23-25,27-29,31-32,35-36,39H,2,12,21-22H2,1,3-11H3/b;26-23+/t25-,26-,27+,28+,29-,32+,33-,37-,38-,39-,41?,43+,44-;25-,27-,28+,29-,31+,32-,35-,36-,39?,41+,42+/m11/s1. The van der Waals surface area contributed by atoms with Gasteiger partial charge in [-0.2, -0.15) is 0 Å². The van der Waals surface area contributed by atoms with E-state index in [1.54, 1.807) is 123 Å². The molecule has 1 N–H and O–H groups in total. The second-order valence-corrected chi connectivity index (χ2v) is 33.0. The van der Waals surface area contributed by atoms with Crippen molar-refractivity contribution in [2.75, 3.05) is 49.0 Å². The van der Waals surface area contributed by atoms with Gasteiger partial charge in [-0.25, -0.2) is 33.9 Å². The monoisotopic (exact) mass is 1640 g/mol. The number of cyclic esters (lactones) is 2. The summed E-state index contributed by atoms with van der Waals surface area (Å²) in [5, 5.41) is 11.9. The summed E-state index contributed by atoms with van der Waals surface area (Å²) in [7, 11) is 10.4. The first kappa shape index (κ1) is 93.3. The van der Waals surface area contributed by atoms with Crippen molar-refractivity contribution >= 4 is 64.8 Å². The Morgan fingerprint density at radius 1 is 0.698 bits per heavy atom. The van der Waals surface area contributed by atoms with Crippen LogP contribution in [0.1, 0.15) is 159 Å². The maximum Gasteiger partial charge on any atom is 0.420 e. The number of methoxy groups -OCH3 is 2. The fourth-order valence-electron chi connectivity index (χ4n) is 17.1. The molecule has 0 aliphatic carbocycles. The number of nitrogens with zero attached hydrogens (tertiary/aromatic N) is 8. The van der Waals surface area contributed by atoms with Gasteiger partial charge in [-0.05, 0) is 176 Å². The van der Waals surface area contributed by atoms with E-state index in [-0.39, 0.29) is 73.7 Å². The largest absolute Gasteiger partial charge is 0.457 e. The molecule has 1 aromatic carbocycles. The molecule has 24 atom stereocenters. The fourth-order valence-corrected chi connectivity index (χ4v) is 17.2. The summed E-state index contributed by atoms with van der Waals surface area (Å²) in [5.74, 6) is -10.7. The Morgan fingerprint density at radius 3 is 1.79 bits per heavy atom. The molecular weight excluding hydrogens is 1520 g/mol. The number of allylic oxidation sites excluding steroid dienone is 1. The number of aromatic nitrogens is 5. The van der Waals surface area contributed by atoms with Gasteiger partial charge in [0.05, 0.1) is 65.3 Å². The third-order valence-corrected chi connectivity index (χ3v) is 24.1. The Morgan fingerprint density at radius 2 is 1.26 bits per heavy atom. The van der Waals surface area contributed by atoms with Crippen LogP contribution in [0.5, 0.6) is 0 Å². The lowest BCUT2D eigenvalue weighted by molar-refractivity contribution is -0.295. The van der Waals surface area contributed by atoms with Crippen LogP contribution in [0.25, 0.3) is 11.3 Å². The molecule has 30 heteroatoms. The van der Waals surface area contributed by atoms with E-state index in [0.29, 0.717) is 42.9 Å². The van der Waals surface area contributed by atoms with Gasteiger partial charge < -0.3 is 71.6 Å².